The number of nitrogens with one attached hydrogen (secondary N) is 1. The molecule has 0 saturated carbocycles. The summed E-state index contributed by atoms with van der Waals surface area (Å²) >= 11 is 5.11. The van der Waals surface area contributed by atoms with Gasteiger partial charge in [0.05, 0.1) is 6.20 Å². The van der Waals surface area contributed by atoms with E-state index in [1.807, 2.05) is 0 Å². The number of nitrogens with zero attached hydrogens (tertiary/aromatic N) is 1. The molecule has 1 heterocycles. The molecule has 1 N–H and O–H groups in total. The maximum Gasteiger partial charge on any atom is 0.432 e. The van der Waals surface area contributed by atoms with Gasteiger partial charge in [0, 0.05) is 0 Å². The fraction of sp³-hybridized carbons (Fsp3) is 0.200. The number of H-pyrrole nitrogens is 1. The third kappa shape index (κ3) is 1.76. The van der Waals surface area contributed by atoms with Crippen molar-refractivity contribution in [2.75, 3.05) is 0 Å². The Morgan fingerprint density at radius 1 is 1.50 bits per heavy atom. The second kappa shape index (κ2) is 2.78. The summed E-state index contributed by atoms with van der Waals surface area (Å²) in [6.07, 6.45) is -4.14. The number of rotatable bonds is 0. The second-order valence-corrected chi connectivity index (χ2v) is 2.27. The predicted molar refractivity (Wildman–Crippen MR) is 34.9 cm³/mol. The van der Waals surface area contributed by atoms with Crippen LogP contribution in [0.3, 0.4) is 0 Å². The Morgan fingerprint density at radius 3 is 2.50 bits per heavy atom. The highest BCUT2D eigenvalue weighted by Crippen LogP contribution is 2.25. The maximum atomic E-state index is 11.8. The minimum absolute atomic E-state index is 0.462. The van der Waals surface area contributed by atoms with Crippen LogP contribution in [0, 0.1) is 0 Å². The number of hydrogen-bond donors (Lipinski definition) is 1. The van der Waals surface area contributed by atoms with Gasteiger partial charge in [-0.15, -0.1) is 0 Å². The molecule has 0 aliphatic carbocycles. The molecule has 12 heavy (non-hydrogen) atoms. The fourth-order valence-electron chi connectivity index (χ4n) is 0.530. The summed E-state index contributed by atoms with van der Waals surface area (Å²) in [5.74, 6) is 0. The van der Waals surface area contributed by atoms with Crippen LogP contribution in [0.15, 0.2) is 11.0 Å². The summed E-state index contributed by atoms with van der Waals surface area (Å²) in [5, 5.41) is -0.511. The third-order valence-corrected chi connectivity index (χ3v) is 1.32. The van der Waals surface area contributed by atoms with Gasteiger partial charge < -0.3 is 4.98 Å². The predicted octanol–water partition coefficient (Wildman–Crippen LogP) is 1.44. The van der Waals surface area contributed by atoms with Crippen LogP contribution in [0.5, 0.6) is 0 Å². The van der Waals surface area contributed by atoms with Gasteiger partial charge in [0.1, 0.15) is 5.69 Å². The minimum atomic E-state index is -4.60. The van der Waals surface area contributed by atoms with E-state index < -0.39 is 22.6 Å². The Labute approximate surface area is 69.2 Å². The topological polar surface area (TPSA) is 45.8 Å². The molecular formula is C5H2ClF3N2O. The van der Waals surface area contributed by atoms with Crippen LogP contribution in [0.4, 0.5) is 13.2 Å². The van der Waals surface area contributed by atoms with Gasteiger partial charge >= 0.3 is 6.18 Å². The number of hydrogen-bond acceptors (Lipinski definition) is 2. The van der Waals surface area contributed by atoms with Gasteiger partial charge in [-0.05, 0) is 0 Å². The van der Waals surface area contributed by atoms with Crippen LogP contribution in [0.2, 0.25) is 5.15 Å². The second-order valence-electron chi connectivity index (χ2n) is 1.91. The average Bonchev–Trinajstić information content (AvgIpc) is 1.92. The smallest absolute Gasteiger partial charge is 0.314 e. The van der Waals surface area contributed by atoms with E-state index in [-0.39, 0.29) is 0 Å². The van der Waals surface area contributed by atoms with Gasteiger partial charge in [0.15, 0.2) is 5.15 Å². The molecule has 0 bridgehead atoms. The van der Waals surface area contributed by atoms with Gasteiger partial charge in [-0.3, -0.25) is 4.79 Å². The summed E-state index contributed by atoms with van der Waals surface area (Å²) in [5.41, 5.74) is -2.26. The molecule has 0 spiro atoms. The number of halogens is 4. The standard InChI is InChI=1S/C5H2ClF3N2O/c6-3-4(12)11-2(1-10-3)5(7,8)9/h1H,(H,11,12). The van der Waals surface area contributed by atoms with Crippen LogP contribution in [0.25, 0.3) is 0 Å². The van der Waals surface area contributed by atoms with Crippen LogP contribution in [0.1, 0.15) is 5.69 Å². The SMILES string of the molecule is O=c1[nH]c(C(F)(F)F)cnc1Cl. The summed E-state index contributed by atoms with van der Waals surface area (Å²) in [6.45, 7) is 0. The first-order valence-electron chi connectivity index (χ1n) is 2.73. The lowest BCUT2D eigenvalue weighted by atomic mass is 10.4. The molecule has 0 aliphatic rings. The molecule has 1 rings (SSSR count). The molecule has 0 fully saturated rings. The van der Waals surface area contributed by atoms with Crippen LogP contribution in [-0.2, 0) is 6.18 Å². The van der Waals surface area contributed by atoms with E-state index in [0.29, 0.717) is 6.20 Å². The normalized spacial score (nSPS) is 11.7. The molecule has 0 atom stereocenters. The highest BCUT2D eigenvalue weighted by Gasteiger charge is 2.32. The van der Waals surface area contributed by atoms with E-state index in [1.54, 1.807) is 4.98 Å². The highest BCUT2D eigenvalue weighted by molar-refractivity contribution is 6.29. The first-order valence-corrected chi connectivity index (χ1v) is 3.11. The van der Waals surface area contributed by atoms with Crippen molar-refractivity contribution in [3.63, 3.8) is 0 Å². The lowest BCUT2D eigenvalue weighted by molar-refractivity contribution is -0.141. The van der Waals surface area contributed by atoms with Gasteiger partial charge in [0.2, 0.25) is 0 Å². The van der Waals surface area contributed by atoms with Crippen molar-refractivity contribution in [3.05, 3.63) is 27.4 Å². The van der Waals surface area contributed by atoms with Crippen molar-refractivity contribution in [3.8, 4) is 0 Å². The molecule has 66 valence electrons. The number of alkyl halides is 3. The fourth-order valence-corrected chi connectivity index (χ4v) is 0.626. The van der Waals surface area contributed by atoms with Crippen molar-refractivity contribution in [1.29, 1.82) is 0 Å². The Balaban J connectivity index is 3.23. The maximum absolute atomic E-state index is 11.8. The van der Waals surface area contributed by atoms with Crippen molar-refractivity contribution < 1.29 is 13.2 Å². The van der Waals surface area contributed by atoms with Gasteiger partial charge in [-0.25, -0.2) is 4.98 Å². The van der Waals surface area contributed by atoms with E-state index in [2.05, 4.69) is 4.98 Å². The molecule has 7 heteroatoms. The van der Waals surface area contributed by atoms with Gasteiger partial charge in [-0.1, -0.05) is 11.6 Å². The zero-order valence-electron chi connectivity index (χ0n) is 5.44. The molecular weight excluding hydrogens is 197 g/mol. The monoisotopic (exact) mass is 198 g/mol. The quantitative estimate of drug-likeness (QED) is 0.686. The van der Waals surface area contributed by atoms with Crippen LogP contribution in [-0.4, -0.2) is 9.97 Å². The Kier molecular flexibility index (Phi) is 2.10. The molecule has 0 radical (unpaired) electrons. The van der Waals surface area contributed by atoms with Gasteiger partial charge in [0.25, 0.3) is 5.56 Å². The van der Waals surface area contributed by atoms with Crippen molar-refractivity contribution in [2.45, 2.75) is 6.18 Å². The minimum Gasteiger partial charge on any atom is -0.314 e. The average molecular weight is 199 g/mol. The largest absolute Gasteiger partial charge is 0.432 e. The van der Waals surface area contributed by atoms with Crippen molar-refractivity contribution >= 4 is 11.6 Å². The molecule has 0 unspecified atom stereocenters. The summed E-state index contributed by atoms with van der Waals surface area (Å²) < 4.78 is 35.5. The van der Waals surface area contributed by atoms with Gasteiger partial charge in [-0.2, -0.15) is 13.2 Å². The van der Waals surface area contributed by atoms with E-state index in [1.165, 1.54) is 0 Å². The number of aromatic nitrogens is 2. The Hall–Kier alpha value is -1.04. The molecule has 0 aliphatic heterocycles. The number of aromatic amines is 1. The van der Waals surface area contributed by atoms with Crippen molar-refractivity contribution in [2.24, 2.45) is 0 Å². The van der Waals surface area contributed by atoms with E-state index >= 15 is 0 Å². The summed E-state index contributed by atoms with van der Waals surface area (Å²) in [4.78, 5) is 15.1. The lowest BCUT2D eigenvalue weighted by Gasteiger charge is -2.03. The van der Waals surface area contributed by atoms with Crippen LogP contribution < -0.4 is 5.56 Å². The molecule has 3 nitrogen and oxygen atoms in total. The van der Waals surface area contributed by atoms with E-state index in [0.717, 1.165) is 0 Å². The summed E-state index contributed by atoms with van der Waals surface area (Å²) in [6, 6.07) is 0. The lowest BCUT2D eigenvalue weighted by Crippen LogP contribution is -2.17. The highest BCUT2D eigenvalue weighted by atomic mass is 35.5. The third-order valence-electron chi connectivity index (χ3n) is 1.05. The zero-order valence-corrected chi connectivity index (χ0v) is 6.20. The molecule has 0 amide bonds. The first-order chi connectivity index (χ1) is 5.41. The van der Waals surface area contributed by atoms with E-state index in [9.17, 15) is 18.0 Å². The van der Waals surface area contributed by atoms with Crippen molar-refractivity contribution in [1.82, 2.24) is 9.97 Å². The first kappa shape index (κ1) is 9.05. The Bertz CT molecular complexity index is 345. The molecule has 0 saturated heterocycles. The van der Waals surface area contributed by atoms with E-state index in [4.69, 9.17) is 11.6 Å². The van der Waals surface area contributed by atoms with Crippen LogP contribution >= 0.6 is 11.6 Å². The zero-order chi connectivity index (χ0) is 9.35. The Morgan fingerprint density at radius 2 is 2.08 bits per heavy atom. The summed E-state index contributed by atoms with van der Waals surface area (Å²) in [7, 11) is 0. The molecule has 1 aromatic rings. The molecule has 1 aromatic heterocycles. The molecule has 0 aromatic carbocycles.